The van der Waals surface area contributed by atoms with E-state index in [9.17, 15) is 10.1 Å². The third-order valence-corrected chi connectivity index (χ3v) is 7.63. The van der Waals surface area contributed by atoms with Gasteiger partial charge in [-0.25, -0.2) is 4.98 Å². The number of nitrogens with zero attached hydrogens (tertiary/aromatic N) is 2. The second-order valence-electron chi connectivity index (χ2n) is 8.66. The van der Waals surface area contributed by atoms with Crippen LogP contribution in [-0.4, -0.2) is 43.7 Å². The van der Waals surface area contributed by atoms with Crippen molar-refractivity contribution in [2.24, 2.45) is 0 Å². The number of carbonyl (C=O) groups is 1. The Bertz CT molecular complexity index is 1740. The molecule has 3 aromatic heterocycles. The van der Waals surface area contributed by atoms with Crippen molar-refractivity contribution < 1.29 is 19.0 Å². The first kappa shape index (κ1) is 25.7. The van der Waals surface area contributed by atoms with Crippen LogP contribution in [0.2, 0.25) is 0 Å². The van der Waals surface area contributed by atoms with E-state index in [2.05, 4.69) is 21.4 Å². The topological polar surface area (TPSA) is 161 Å². The number of aromatic amines is 1. The number of benzene rings is 2. The quantitative estimate of drug-likeness (QED) is 0.223. The van der Waals surface area contributed by atoms with Crippen molar-refractivity contribution in [3.8, 4) is 34.4 Å². The molecule has 0 radical (unpaired) electrons. The summed E-state index contributed by atoms with van der Waals surface area (Å²) in [6.07, 6.45) is 2.59. The molecule has 198 valence electrons. The monoisotopic (exact) mass is 542 g/mol. The highest BCUT2D eigenvalue weighted by molar-refractivity contribution is 7.21. The van der Waals surface area contributed by atoms with Gasteiger partial charge in [0.15, 0.2) is 11.5 Å². The smallest absolute Gasteiger partial charge is 0.263 e. The largest absolute Gasteiger partial charge is 0.493 e. The van der Waals surface area contributed by atoms with Gasteiger partial charge in [0, 0.05) is 34.6 Å². The van der Waals surface area contributed by atoms with Gasteiger partial charge < -0.3 is 36.0 Å². The first-order chi connectivity index (χ1) is 18.9. The molecule has 0 saturated heterocycles. The normalized spacial score (nSPS) is 10.9. The summed E-state index contributed by atoms with van der Waals surface area (Å²) in [5, 5.41) is 14.5. The zero-order valence-electron chi connectivity index (χ0n) is 21.5. The second-order valence-corrected chi connectivity index (χ2v) is 9.66. The van der Waals surface area contributed by atoms with E-state index in [1.807, 2.05) is 30.5 Å². The summed E-state index contributed by atoms with van der Waals surface area (Å²) in [5.74, 6) is 0.880. The third-order valence-electron chi connectivity index (χ3n) is 6.53. The van der Waals surface area contributed by atoms with Crippen molar-refractivity contribution in [2.45, 2.75) is 6.42 Å². The Balaban J connectivity index is 1.54. The van der Waals surface area contributed by atoms with E-state index in [0.717, 1.165) is 27.8 Å². The maximum atomic E-state index is 13.2. The maximum absolute atomic E-state index is 13.2. The van der Waals surface area contributed by atoms with E-state index < -0.39 is 0 Å². The van der Waals surface area contributed by atoms with E-state index in [4.69, 9.17) is 25.7 Å². The predicted octanol–water partition coefficient (Wildman–Crippen LogP) is 4.48. The van der Waals surface area contributed by atoms with Gasteiger partial charge in [-0.3, -0.25) is 4.79 Å². The minimum atomic E-state index is -0.330. The molecule has 0 aliphatic carbocycles. The summed E-state index contributed by atoms with van der Waals surface area (Å²) in [4.78, 5) is 21.6. The lowest BCUT2D eigenvalue weighted by Crippen LogP contribution is -2.25. The number of H-pyrrole nitrogens is 1. The Morgan fingerprint density at radius 3 is 2.51 bits per heavy atom. The summed E-state index contributed by atoms with van der Waals surface area (Å²) in [6.45, 7) is 0.410. The number of para-hydroxylation sites is 1. The number of carbonyl (C=O) groups excluding carboxylic acids is 1. The first-order valence-electron chi connectivity index (χ1n) is 12.0. The van der Waals surface area contributed by atoms with E-state index >= 15 is 0 Å². The Hall–Kier alpha value is -4.95. The number of ether oxygens (including phenoxy) is 3. The number of aromatic nitrogens is 2. The maximum Gasteiger partial charge on any atom is 0.263 e. The first-order valence-corrected chi connectivity index (χ1v) is 12.8. The zero-order chi connectivity index (χ0) is 27.7. The number of hydrogen-bond acceptors (Lipinski definition) is 9. The number of rotatable bonds is 8. The van der Waals surface area contributed by atoms with Crippen LogP contribution in [-0.2, 0) is 6.42 Å². The van der Waals surface area contributed by atoms with Gasteiger partial charge in [0.25, 0.3) is 5.91 Å². The van der Waals surface area contributed by atoms with Crippen LogP contribution in [0.3, 0.4) is 0 Å². The molecule has 0 saturated carbocycles. The van der Waals surface area contributed by atoms with Crippen LogP contribution in [0.1, 0.15) is 20.8 Å². The molecule has 6 N–H and O–H groups in total. The summed E-state index contributed by atoms with van der Waals surface area (Å²) in [6, 6.07) is 13.5. The van der Waals surface area contributed by atoms with E-state index in [0.29, 0.717) is 56.4 Å². The number of thiophene rings is 1. The zero-order valence-corrected chi connectivity index (χ0v) is 22.4. The number of methoxy groups -OCH3 is 3. The Morgan fingerprint density at radius 2 is 1.85 bits per heavy atom. The number of pyridine rings is 1. The minimum absolute atomic E-state index is 0.0290. The number of anilines is 2. The molecular weight excluding hydrogens is 516 g/mol. The average Bonchev–Trinajstić information content (AvgIpc) is 3.51. The molecule has 3 heterocycles. The molecule has 0 aliphatic rings. The van der Waals surface area contributed by atoms with E-state index in [-0.39, 0.29) is 23.0 Å². The lowest BCUT2D eigenvalue weighted by molar-refractivity contribution is 0.0959. The fourth-order valence-electron chi connectivity index (χ4n) is 4.70. The van der Waals surface area contributed by atoms with Gasteiger partial charge in [0.2, 0.25) is 5.75 Å². The Kier molecular flexibility index (Phi) is 6.87. The van der Waals surface area contributed by atoms with Gasteiger partial charge >= 0.3 is 0 Å². The molecule has 1 amide bonds. The third kappa shape index (κ3) is 4.41. The van der Waals surface area contributed by atoms with Crippen molar-refractivity contribution in [1.82, 2.24) is 15.3 Å². The number of amides is 1. The molecule has 11 heteroatoms. The SMILES string of the molecule is COc1cc(-c2c(C#N)c(N)nc3sc(C(=O)NCCc4c[nH]c5ccccc45)c(N)c23)cc(OC)c1OC. The molecule has 2 aromatic carbocycles. The minimum Gasteiger partial charge on any atom is -0.493 e. The molecule has 0 unspecified atom stereocenters. The van der Waals surface area contributed by atoms with Crippen LogP contribution < -0.4 is 31.0 Å². The Morgan fingerprint density at radius 1 is 1.13 bits per heavy atom. The van der Waals surface area contributed by atoms with Crippen molar-refractivity contribution in [2.75, 3.05) is 39.3 Å². The van der Waals surface area contributed by atoms with Crippen molar-refractivity contribution >= 4 is 49.9 Å². The predicted molar refractivity (Wildman–Crippen MR) is 153 cm³/mol. The van der Waals surface area contributed by atoms with Crippen LogP contribution in [0.25, 0.3) is 32.2 Å². The highest BCUT2D eigenvalue weighted by Crippen LogP contribution is 2.47. The van der Waals surface area contributed by atoms with Gasteiger partial charge in [0.05, 0.1) is 27.0 Å². The van der Waals surface area contributed by atoms with Crippen LogP contribution in [0.15, 0.2) is 42.6 Å². The Labute approximate surface area is 228 Å². The number of fused-ring (bicyclic) bond motifs is 2. The molecule has 0 fully saturated rings. The van der Waals surface area contributed by atoms with Gasteiger partial charge in [-0.05, 0) is 35.7 Å². The fourth-order valence-corrected chi connectivity index (χ4v) is 5.72. The highest BCUT2D eigenvalue weighted by atomic mass is 32.1. The lowest BCUT2D eigenvalue weighted by atomic mass is 9.96. The molecule has 39 heavy (non-hydrogen) atoms. The lowest BCUT2D eigenvalue weighted by Gasteiger charge is -2.16. The summed E-state index contributed by atoms with van der Waals surface area (Å²) >= 11 is 1.12. The summed E-state index contributed by atoms with van der Waals surface area (Å²) < 4.78 is 16.4. The molecule has 5 aromatic rings. The molecular formula is C28H26N6O4S. The highest BCUT2D eigenvalue weighted by Gasteiger charge is 2.26. The van der Waals surface area contributed by atoms with Crippen molar-refractivity contribution in [3.63, 3.8) is 0 Å². The van der Waals surface area contributed by atoms with Crippen molar-refractivity contribution in [3.05, 3.63) is 58.6 Å². The van der Waals surface area contributed by atoms with Gasteiger partial charge in [-0.15, -0.1) is 11.3 Å². The summed E-state index contributed by atoms with van der Waals surface area (Å²) in [7, 11) is 4.50. The standard InChI is InChI=1S/C28H26N6O4S/c1-36-19-10-15(11-20(37-2)24(19)38-3)21-17(12-29)26(31)34-28-22(21)23(30)25(39-28)27(35)32-9-8-14-13-33-18-7-5-4-6-16(14)18/h4-7,10-11,13,33H,8-9,30H2,1-3H3,(H2,31,34)(H,32,35). The van der Waals surface area contributed by atoms with Gasteiger partial charge in [0.1, 0.15) is 27.2 Å². The van der Waals surface area contributed by atoms with E-state index in [1.165, 1.54) is 21.3 Å². The fraction of sp³-hybridized carbons (Fsp3) is 0.179. The second kappa shape index (κ2) is 10.4. The van der Waals surface area contributed by atoms with Crippen LogP contribution >= 0.6 is 11.3 Å². The number of nitriles is 1. The molecule has 0 atom stereocenters. The van der Waals surface area contributed by atoms with Crippen LogP contribution in [0, 0.1) is 11.3 Å². The van der Waals surface area contributed by atoms with E-state index in [1.54, 1.807) is 12.1 Å². The van der Waals surface area contributed by atoms with Crippen LogP contribution in [0.4, 0.5) is 11.5 Å². The molecule has 0 spiro atoms. The average molecular weight is 543 g/mol. The number of nitrogens with one attached hydrogen (secondary N) is 2. The molecule has 0 bridgehead atoms. The van der Waals surface area contributed by atoms with Gasteiger partial charge in [-0.2, -0.15) is 5.26 Å². The number of hydrogen-bond donors (Lipinski definition) is 4. The number of nitrogens with two attached hydrogens (primary N) is 2. The summed E-state index contributed by atoms with van der Waals surface area (Å²) in [5.41, 5.74) is 16.2. The van der Waals surface area contributed by atoms with Gasteiger partial charge in [-0.1, -0.05) is 18.2 Å². The number of nitrogen functional groups attached to an aromatic ring is 2. The molecule has 0 aliphatic heterocycles. The molecule has 10 nitrogen and oxygen atoms in total. The van der Waals surface area contributed by atoms with Crippen LogP contribution in [0.5, 0.6) is 17.2 Å². The van der Waals surface area contributed by atoms with Crippen molar-refractivity contribution in [1.29, 1.82) is 5.26 Å². The molecule has 5 rings (SSSR count).